The Morgan fingerprint density at radius 3 is 1.60 bits per heavy atom. The average Bonchev–Trinajstić information content (AvgIpc) is 2.69. The van der Waals surface area contributed by atoms with Crippen molar-refractivity contribution in [3.8, 4) is 0 Å². The lowest BCUT2D eigenvalue weighted by Crippen LogP contribution is -2.40. The zero-order valence-corrected chi connectivity index (χ0v) is 20.2. The lowest BCUT2D eigenvalue weighted by atomic mass is 9.95. The van der Waals surface area contributed by atoms with Crippen LogP contribution in [0.25, 0.3) is 0 Å². The minimum atomic E-state index is -2.23. The predicted octanol–water partition coefficient (Wildman–Crippen LogP) is 7.00. The topological polar surface area (TPSA) is 54.4 Å². The molecule has 0 bridgehead atoms. The fraction of sp³-hybridized carbons (Fsp3) is 0.923. The summed E-state index contributed by atoms with van der Waals surface area (Å²) in [6, 6.07) is 0. The first-order chi connectivity index (χ1) is 15.5. The molecule has 0 saturated heterocycles. The third-order valence-corrected chi connectivity index (χ3v) is 5.75. The van der Waals surface area contributed by atoms with Crippen LogP contribution in [0.1, 0.15) is 127 Å². The smallest absolute Gasteiger partial charge is 0.303 e. The summed E-state index contributed by atoms with van der Waals surface area (Å²) in [6.07, 6.45) is 19.6. The molecule has 30 heavy (non-hydrogen) atoms. The molecular formula is C26H52NO3+. The number of ketones is 1. The summed E-state index contributed by atoms with van der Waals surface area (Å²) in [6.45, 7) is 0.189. The first kappa shape index (κ1) is 23.8. The van der Waals surface area contributed by atoms with E-state index < -0.39 is 18.9 Å². The van der Waals surface area contributed by atoms with Gasteiger partial charge in [0.25, 0.3) is 0 Å². The van der Waals surface area contributed by atoms with Crippen LogP contribution in [0, 0.1) is 5.92 Å². The highest BCUT2D eigenvalue weighted by Gasteiger charge is 2.23. The van der Waals surface area contributed by atoms with Crippen LogP contribution in [0.5, 0.6) is 0 Å². The van der Waals surface area contributed by atoms with Gasteiger partial charge in [0.15, 0.2) is 0 Å². The van der Waals surface area contributed by atoms with Gasteiger partial charge in [0, 0.05) is 18.8 Å². The highest BCUT2D eigenvalue weighted by molar-refractivity contribution is 5.79. The number of carboxylic acids is 1. The molecule has 1 N–H and O–H groups in total. The zero-order valence-electron chi connectivity index (χ0n) is 23.2. The maximum absolute atomic E-state index is 12.4. The molecule has 1 atom stereocenters. The van der Waals surface area contributed by atoms with Crippen molar-refractivity contribution in [3.63, 3.8) is 0 Å². The molecule has 0 aromatic carbocycles. The van der Waals surface area contributed by atoms with Crippen molar-refractivity contribution in [1.29, 1.82) is 0 Å². The quantitative estimate of drug-likeness (QED) is 0.149. The number of carbonyl (C=O) groups excluding carboxylic acids is 1. The Morgan fingerprint density at radius 1 is 0.767 bits per heavy atom. The largest absolute Gasteiger partial charge is 0.481 e. The molecule has 0 aromatic heterocycles. The van der Waals surface area contributed by atoms with E-state index in [1.54, 1.807) is 14.1 Å². The number of Topliss-reactive ketones (excluding diaryl/α,β-unsaturated/α-hetero) is 1. The average molecular weight is 430 g/mol. The van der Waals surface area contributed by atoms with Gasteiger partial charge in [-0.05, 0) is 6.42 Å². The van der Waals surface area contributed by atoms with Crippen LogP contribution in [-0.2, 0) is 9.59 Å². The maximum Gasteiger partial charge on any atom is 0.303 e. The summed E-state index contributed by atoms with van der Waals surface area (Å²) in [5.41, 5.74) is 0. The predicted molar refractivity (Wildman–Crippen MR) is 128 cm³/mol. The Hall–Kier alpha value is -0.900. The van der Waals surface area contributed by atoms with Gasteiger partial charge in [0.2, 0.25) is 0 Å². The van der Waals surface area contributed by atoms with Crippen molar-refractivity contribution >= 4 is 11.8 Å². The molecular weight excluding hydrogens is 374 g/mol. The van der Waals surface area contributed by atoms with Crippen LogP contribution in [0.3, 0.4) is 0 Å². The van der Waals surface area contributed by atoms with E-state index in [0.29, 0.717) is 6.42 Å². The van der Waals surface area contributed by atoms with Crippen molar-refractivity contribution in [2.75, 3.05) is 27.6 Å². The maximum atomic E-state index is 12.4. The Morgan fingerprint density at radius 2 is 1.20 bits per heavy atom. The molecule has 0 heterocycles. The monoisotopic (exact) mass is 429 g/mol. The van der Waals surface area contributed by atoms with E-state index in [4.69, 9.17) is 9.22 Å². The molecule has 4 nitrogen and oxygen atoms in total. The Labute approximate surface area is 191 Å². The lowest BCUT2D eigenvalue weighted by molar-refractivity contribution is -0.873. The van der Waals surface area contributed by atoms with Gasteiger partial charge in [-0.1, -0.05) is 96.8 Å². The van der Waals surface area contributed by atoms with Gasteiger partial charge in [0.1, 0.15) is 5.78 Å². The summed E-state index contributed by atoms with van der Waals surface area (Å²) >= 11 is 0. The number of carbonyl (C=O) groups is 2. The van der Waals surface area contributed by atoms with Crippen molar-refractivity contribution in [1.82, 2.24) is 0 Å². The van der Waals surface area contributed by atoms with Gasteiger partial charge in [0.05, 0.1) is 38.1 Å². The molecule has 0 aliphatic carbocycles. The van der Waals surface area contributed by atoms with Crippen LogP contribution in [0.15, 0.2) is 0 Å². The van der Waals surface area contributed by atoms with Gasteiger partial charge < -0.3 is 9.59 Å². The normalized spacial score (nSPS) is 14.7. The summed E-state index contributed by atoms with van der Waals surface area (Å²) in [4.78, 5) is 23.5. The van der Waals surface area contributed by atoms with E-state index in [9.17, 15) is 9.59 Å². The van der Waals surface area contributed by atoms with E-state index in [2.05, 4.69) is 6.92 Å². The number of hydrogen-bond donors (Lipinski definition) is 1. The van der Waals surface area contributed by atoms with E-state index in [1.165, 1.54) is 77.0 Å². The van der Waals surface area contributed by atoms with E-state index in [0.717, 1.165) is 19.3 Å². The van der Waals surface area contributed by atoms with Gasteiger partial charge in [-0.25, -0.2) is 0 Å². The molecule has 0 rings (SSSR count). The first-order valence-electron chi connectivity index (χ1n) is 14.1. The van der Waals surface area contributed by atoms with E-state index in [1.807, 2.05) is 0 Å². The molecule has 0 spiro atoms. The molecule has 0 aliphatic heterocycles. The van der Waals surface area contributed by atoms with Gasteiger partial charge in [-0.3, -0.25) is 9.59 Å². The molecule has 0 amide bonds. The molecule has 0 aromatic rings. The number of carboxylic acid groups (broad SMARTS) is 1. The highest BCUT2D eigenvalue weighted by atomic mass is 16.4. The molecule has 0 saturated carbocycles. The van der Waals surface area contributed by atoms with Gasteiger partial charge in [-0.2, -0.15) is 0 Å². The molecule has 0 radical (unpaired) electrons. The highest BCUT2D eigenvalue weighted by Crippen LogP contribution is 2.17. The molecule has 178 valence electrons. The van der Waals surface area contributed by atoms with Crippen molar-refractivity contribution in [3.05, 3.63) is 0 Å². The summed E-state index contributed by atoms with van der Waals surface area (Å²) in [7, 11) is 3.14. The zero-order chi connectivity index (χ0) is 25.2. The third kappa shape index (κ3) is 21.8. The summed E-state index contributed by atoms with van der Waals surface area (Å²) < 4.78 is 22.6. The lowest BCUT2D eigenvalue weighted by Gasteiger charge is -2.28. The number of aliphatic carboxylic acids is 1. The van der Waals surface area contributed by atoms with Gasteiger partial charge >= 0.3 is 5.97 Å². The van der Waals surface area contributed by atoms with Crippen LogP contribution in [0.4, 0.5) is 0 Å². The van der Waals surface area contributed by atoms with Crippen molar-refractivity contribution < 1.29 is 23.3 Å². The van der Waals surface area contributed by atoms with E-state index in [-0.39, 0.29) is 29.7 Å². The van der Waals surface area contributed by atoms with Crippen LogP contribution >= 0.6 is 0 Å². The van der Waals surface area contributed by atoms with Crippen LogP contribution in [0.2, 0.25) is 0 Å². The molecule has 0 aliphatic rings. The second kappa shape index (κ2) is 18.8. The molecule has 4 heteroatoms. The Kier molecular flexibility index (Phi) is 14.9. The summed E-state index contributed by atoms with van der Waals surface area (Å²) in [5, 5.41) is 9.15. The Bertz CT molecular complexity index is 521. The number of unbranched alkanes of at least 4 members (excludes halogenated alkanes) is 14. The summed E-state index contributed by atoms with van der Waals surface area (Å²) in [5.74, 6) is -1.37. The molecule has 0 fully saturated rings. The van der Waals surface area contributed by atoms with E-state index >= 15 is 0 Å². The fourth-order valence-electron chi connectivity index (χ4n) is 4.21. The second-order valence-electron chi connectivity index (χ2n) is 9.77. The number of hydrogen-bond acceptors (Lipinski definition) is 2. The minimum absolute atomic E-state index is 0.0569. The second-order valence-corrected chi connectivity index (χ2v) is 9.77. The fourth-order valence-corrected chi connectivity index (χ4v) is 4.21. The first-order valence-corrected chi connectivity index (χ1v) is 12.6. The Balaban J connectivity index is 3.83. The third-order valence-electron chi connectivity index (χ3n) is 5.75. The number of nitrogens with zero attached hydrogens (tertiary/aromatic N) is 1. The van der Waals surface area contributed by atoms with Crippen LogP contribution in [-0.4, -0.2) is 49.0 Å². The van der Waals surface area contributed by atoms with Gasteiger partial charge in [-0.15, -0.1) is 0 Å². The minimum Gasteiger partial charge on any atom is -0.481 e. The van der Waals surface area contributed by atoms with Crippen molar-refractivity contribution in [2.24, 2.45) is 5.92 Å². The molecule has 0 unspecified atom stereocenters. The number of quaternary nitrogens is 1. The SMILES string of the molecule is [2H]C([2H])([2H])[N+](C)(C)C[C@@H](CC(=O)O)CC(=O)CCCCCCCCCCCCCCCCC. The van der Waals surface area contributed by atoms with Crippen molar-refractivity contribution in [2.45, 2.75) is 122 Å². The standard InChI is InChI=1S/C26H51NO3/c1-5-6-7-8-9-10-11-12-13-14-15-16-17-18-19-20-25(28)21-24(22-26(29)30)23-27(2,3)4/h24H,5-23H2,1-4H3/p+1/t24-/m1/s1/i2D3. The van der Waals surface area contributed by atoms with Crippen LogP contribution < -0.4 is 0 Å². The number of rotatable bonds is 22.